The Morgan fingerprint density at radius 3 is 2.44 bits per heavy atom. The summed E-state index contributed by atoms with van der Waals surface area (Å²) in [5, 5.41) is 0. The predicted octanol–water partition coefficient (Wildman–Crippen LogP) is 1.64. The maximum absolute atomic E-state index is 11.0. The topological polar surface area (TPSA) is 46.1 Å². The van der Waals surface area contributed by atoms with E-state index in [0.717, 1.165) is 17.7 Å². The molecule has 0 N–H and O–H groups in total. The number of pyridine rings is 2. The first-order valence-corrected chi connectivity index (χ1v) is 4.91. The molecule has 0 aliphatic heterocycles. The van der Waals surface area contributed by atoms with Gasteiger partial charge in [-0.2, -0.15) is 0 Å². The van der Waals surface area contributed by atoms with E-state index in [1.54, 1.807) is 35.8 Å². The lowest BCUT2D eigenvalue weighted by Gasteiger charge is -2.16. The summed E-state index contributed by atoms with van der Waals surface area (Å²) in [7, 11) is 0. The van der Waals surface area contributed by atoms with Crippen molar-refractivity contribution in [2.45, 2.75) is 6.54 Å². The summed E-state index contributed by atoms with van der Waals surface area (Å²) >= 11 is 0. The van der Waals surface area contributed by atoms with E-state index in [0.29, 0.717) is 6.54 Å². The number of rotatable bonds is 4. The molecule has 2 aromatic rings. The monoisotopic (exact) mass is 213 g/mol. The van der Waals surface area contributed by atoms with Gasteiger partial charge in [-0.05, 0) is 23.8 Å². The van der Waals surface area contributed by atoms with E-state index < -0.39 is 0 Å². The van der Waals surface area contributed by atoms with Crippen LogP contribution in [-0.4, -0.2) is 16.4 Å². The molecule has 2 aromatic heterocycles. The molecule has 2 heterocycles. The van der Waals surface area contributed by atoms with Crippen LogP contribution in [0.4, 0.5) is 5.69 Å². The van der Waals surface area contributed by atoms with Crippen molar-refractivity contribution >= 4 is 12.1 Å². The van der Waals surface area contributed by atoms with E-state index in [4.69, 9.17) is 0 Å². The number of amides is 1. The van der Waals surface area contributed by atoms with Crippen molar-refractivity contribution in [1.82, 2.24) is 9.97 Å². The highest BCUT2D eigenvalue weighted by atomic mass is 16.1. The Morgan fingerprint density at radius 2 is 1.88 bits per heavy atom. The fourth-order valence-corrected chi connectivity index (χ4v) is 1.40. The molecule has 0 aliphatic rings. The first-order chi connectivity index (χ1) is 7.90. The van der Waals surface area contributed by atoms with Crippen molar-refractivity contribution < 1.29 is 4.79 Å². The van der Waals surface area contributed by atoms with Crippen molar-refractivity contribution in [3.05, 3.63) is 54.6 Å². The maximum atomic E-state index is 11.0. The second-order valence-electron chi connectivity index (χ2n) is 3.31. The van der Waals surface area contributed by atoms with Crippen LogP contribution in [0.25, 0.3) is 0 Å². The lowest BCUT2D eigenvalue weighted by molar-refractivity contribution is -0.107. The van der Waals surface area contributed by atoms with Gasteiger partial charge in [-0.25, -0.2) is 0 Å². The molecule has 0 radical (unpaired) electrons. The number of nitrogens with zero attached hydrogens (tertiary/aromatic N) is 3. The second-order valence-corrected chi connectivity index (χ2v) is 3.31. The van der Waals surface area contributed by atoms with Crippen LogP contribution in [0, 0.1) is 0 Å². The van der Waals surface area contributed by atoms with E-state index >= 15 is 0 Å². The molecule has 4 heteroatoms. The summed E-state index contributed by atoms with van der Waals surface area (Å²) in [4.78, 5) is 20.6. The highest BCUT2D eigenvalue weighted by Crippen LogP contribution is 2.12. The quantitative estimate of drug-likeness (QED) is 0.725. The van der Waals surface area contributed by atoms with Gasteiger partial charge in [0, 0.05) is 18.6 Å². The summed E-state index contributed by atoms with van der Waals surface area (Å²) < 4.78 is 0. The minimum atomic E-state index is 0.503. The van der Waals surface area contributed by atoms with Crippen molar-refractivity contribution in [2.24, 2.45) is 0 Å². The smallest absolute Gasteiger partial charge is 0.214 e. The van der Waals surface area contributed by atoms with E-state index in [1.165, 1.54) is 0 Å². The highest BCUT2D eigenvalue weighted by molar-refractivity contribution is 5.74. The van der Waals surface area contributed by atoms with Crippen LogP contribution in [0.5, 0.6) is 0 Å². The van der Waals surface area contributed by atoms with E-state index in [1.807, 2.05) is 18.2 Å². The van der Waals surface area contributed by atoms with Crippen molar-refractivity contribution in [3.63, 3.8) is 0 Å². The minimum absolute atomic E-state index is 0.503. The zero-order valence-corrected chi connectivity index (χ0v) is 8.65. The Labute approximate surface area is 93.6 Å². The van der Waals surface area contributed by atoms with Gasteiger partial charge < -0.3 is 4.90 Å². The summed E-state index contributed by atoms with van der Waals surface area (Å²) in [5.41, 5.74) is 1.76. The molecule has 0 atom stereocenters. The van der Waals surface area contributed by atoms with Gasteiger partial charge >= 0.3 is 0 Å². The summed E-state index contributed by atoms with van der Waals surface area (Å²) in [6.07, 6.45) is 7.58. The average Bonchev–Trinajstić information content (AvgIpc) is 2.38. The fourth-order valence-electron chi connectivity index (χ4n) is 1.40. The molecule has 0 spiro atoms. The first kappa shape index (κ1) is 10.3. The number of hydrogen-bond donors (Lipinski definition) is 0. The van der Waals surface area contributed by atoms with Gasteiger partial charge in [0.1, 0.15) is 0 Å². The largest absolute Gasteiger partial charge is 0.309 e. The molecule has 0 saturated carbocycles. The highest BCUT2D eigenvalue weighted by Gasteiger charge is 2.05. The molecule has 16 heavy (non-hydrogen) atoms. The average molecular weight is 213 g/mol. The van der Waals surface area contributed by atoms with E-state index in [2.05, 4.69) is 9.97 Å². The Bertz CT molecular complexity index is 444. The Kier molecular flexibility index (Phi) is 3.23. The molecule has 0 aromatic carbocycles. The molecule has 0 saturated heterocycles. The standard InChI is InChI=1S/C12H11N3O/c16-10-15(12-4-2-6-14-8-12)9-11-3-1-5-13-7-11/h1-8,10H,9H2. The summed E-state index contributed by atoms with van der Waals surface area (Å²) in [6, 6.07) is 7.42. The third-order valence-electron chi connectivity index (χ3n) is 2.18. The van der Waals surface area contributed by atoms with Crippen LogP contribution in [0.2, 0.25) is 0 Å². The van der Waals surface area contributed by atoms with Gasteiger partial charge in [-0.1, -0.05) is 6.07 Å². The molecule has 0 bridgehead atoms. The van der Waals surface area contributed by atoms with Gasteiger partial charge in [0.15, 0.2) is 0 Å². The predicted molar refractivity (Wildman–Crippen MR) is 60.7 cm³/mol. The van der Waals surface area contributed by atoms with Gasteiger partial charge in [-0.15, -0.1) is 0 Å². The van der Waals surface area contributed by atoms with E-state index in [9.17, 15) is 4.79 Å². The second kappa shape index (κ2) is 5.02. The van der Waals surface area contributed by atoms with Crippen LogP contribution in [0.1, 0.15) is 5.56 Å². The third kappa shape index (κ3) is 2.42. The number of anilines is 1. The lowest BCUT2D eigenvalue weighted by Crippen LogP contribution is -2.20. The summed E-state index contributed by atoms with van der Waals surface area (Å²) in [6.45, 7) is 0.503. The van der Waals surface area contributed by atoms with Gasteiger partial charge in [0.05, 0.1) is 18.4 Å². The molecule has 1 amide bonds. The Hall–Kier alpha value is -2.23. The van der Waals surface area contributed by atoms with Crippen molar-refractivity contribution in [1.29, 1.82) is 0 Å². The third-order valence-corrected chi connectivity index (χ3v) is 2.18. The SMILES string of the molecule is O=CN(Cc1cccnc1)c1cccnc1. The van der Waals surface area contributed by atoms with Gasteiger partial charge in [0.25, 0.3) is 0 Å². The minimum Gasteiger partial charge on any atom is -0.309 e. The van der Waals surface area contributed by atoms with Crippen molar-refractivity contribution in [2.75, 3.05) is 4.90 Å². The molecular weight excluding hydrogens is 202 g/mol. The molecular formula is C12H11N3O. The lowest BCUT2D eigenvalue weighted by atomic mass is 10.2. The number of hydrogen-bond acceptors (Lipinski definition) is 3. The van der Waals surface area contributed by atoms with Crippen LogP contribution in [-0.2, 0) is 11.3 Å². The molecule has 0 aliphatic carbocycles. The molecule has 80 valence electrons. The Morgan fingerprint density at radius 1 is 1.12 bits per heavy atom. The zero-order valence-electron chi connectivity index (χ0n) is 8.65. The number of aromatic nitrogens is 2. The molecule has 0 unspecified atom stereocenters. The maximum Gasteiger partial charge on any atom is 0.214 e. The fraction of sp³-hybridized carbons (Fsp3) is 0.0833. The van der Waals surface area contributed by atoms with Gasteiger partial charge in [0.2, 0.25) is 6.41 Å². The van der Waals surface area contributed by atoms with Crippen molar-refractivity contribution in [3.8, 4) is 0 Å². The first-order valence-electron chi connectivity index (χ1n) is 4.91. The molecule has 2 rings (SSSR count). The normalized spacial score (nSPS) is 9.75. The van der Waals surface area contributed by atoms with Crippen LogP contribution < -0.4 is 4.90 Å². The Balaban J connectivity index is 2.16. The summed E-state index contributed by atoms with van der Waals surface area (Å²) in [5.74, 6) is 0. The molecule has 0 fully saturated rings. The van der Waals surface area contributed by atoms with E-state index in [-0.39, 0.29) is 0 Å². The van der Waals surface area contributed by atoms with Crippen LogP contribution >= 0.6 is 0 Å². The number of carbonyl (C=O) groups is 1. The zero-order chi connectivity index (χ0) is 11.2. The number of carbonyl (C=O) groups excluding carboxylic acids is 1. The molecule has 4 nitrogen and oxygen atoms in total. The van der Waals surface area contributed by atoms with Crippen LogP contribution in [0.3, 0.4) is 0 Å². The van der Waals surface area contributed by atoms with Crippen LogP contribution in [0.15, 0.2) is 49.1 Å². The van der Waals surface area contributed by atoms with Gasteiger partial charge in [-0.3, -0.25) is 14.8 Å².